The van der Waals surface area contributed by atoms with Crippen molar-refractivity contribution >= 4 is 23.2 Å². The summed E-state index contributed by atoms with van der Waals surface area (Å²) in [6, 6.07) is 12.0. The zero-order valence-corrected chi connectivity index (χ0v) is 15.2. The highest BCUT2D eigenvalue weighted by Gasteiger charge is 2.35. The molecule has 0 aromatic heterocycles. The monoisotopic (exact) mass is 366 g/mol. The number of fused-ring (bicyclic) bond motifs is 1. The zero-order chi connectivity index (χ0) is 18.8. The van der Waals surface area contributed by atoms with E-state index in [2.05, 4.69) is 5.32 Å². The van der Waals surface area contributed by atoms with Gasteiger partial charge in [-0.2, -0.15) is 0 Å². The molecule has 2 aliphatic rings. The maximum absolute atomic E-state index is 12.9. The van der Waals surface area contributed by atoms with Gasteiger partial charge in [0, 0.05) is 30.3 Å². The first kappa shape index (κ1) is 17.7. The summed E-state index contributed by atoms with van der Waals surface area (Å²) in [5.74, 6) is 0.0401. The quantitative estimate of drug-likeness (QED) is 0.867. The molecule has 1 heterocycles. The summed E-state index contributed by atoms with van der Waals surface area (Å²) >= 11 is 0. The second-order valence-electron chi connectivity index (χ2n) is 7.39. The molecular formula is C22H23FN2O2. The lowest BCUT2D eigenvalue weighted by Gasteiger charge is -2.30. The van der Waals surface area contributed by atoms with Gasteiger partial charge in [0.15, 0.2) is 0 Å². The number of carbonyl (C=O) groups is 2. The molecule has 0 unspecified atom stereocenters. The molecule has 4 rings (SSSR count). The third kappa shape index (κ3) is 4.18. The lowest BCUT2D eigenvalue weighted by Crippen LogP contribution is -2.36. The maximum Gasteiger partial charge on any atom is 0.230 e. The highest BCUT2D eigenvalue weighted by molar-refractivity contribution is 5.99. The van der Waals surface area contributed by atoms with Crippen molar-refractivity contribution in [2.75, 3.05) is 16.8 Å². The number of hydrogen-bond acceptors (Lipinski definition) is 2. The van der Waals surface area contributed by atoms with Crippen molar-refractivity contribution in [3.8, 4) is 0 Å². The van der Waals surface area contributed by atoms with Gasteiger partial charge in [0.05, 0.1) is 0 Å². The van der Waals surface area contributed by atoms with Gasteiger partial charge >= 0.3 is 0 Å². The van der Waals surface area contributed by atoms with Gasteiger partial charge in [-0.25, -0.2) is 4.39 Å². The molecule has 1 aliphatic heterocycles. The van der Waals surface area contributed by atoms with Crippen LogP contribution in [0, 0.1) is 11.7 Å². The first-order valence-electron chi connectivity index (χ1n) is 9.59. The molecule has 0 atom stereocenters. The fourth-order valence-corrected chi connectivity index (χ4v) is 3.56. The van der Waals surface area contributed by atoms with Crippen molar-refractivity contribution in [1.82, 2.24) is 0 Å². The topological polar surface area (TPSA) is 49.4 Å². The predicted octanol–water partition coefficient (Wildman–Crippen LogP) is 4.09. The Hall–Kier alpha value is -2.69. The molecule has 5 heteroatoms. The summed E-state index contributed by atoms with van der Waals surface area (Å²) in [5, 5.41) is 2.93. The number of benzene rings is 2. The molecule has 27 heavy (non-hydrogen) atoms. The summed E-state index contributed by atoms with van der Waals surface area (Å²) in [4.78, 5) is 26.7. The molecule has 1 aliphatic carbocycles. The smallest absolute Gasteiger partial charge is 0.230 e. The Morgan fingerprint density at radius 2 is 1.89 bits per heavy atom. The first-order valence-corrected chi connectivity index (χ1v) is 9.59. The van der Waals surface area contributed by atoms with Gasteiger partial charge in [-0.1, -0.05) is 18.2 Å². The molecule has 0 bridgehead atoms. The van der Waals surface area contributed by atoms with E-state index in [0.717, 1.165) is 43.5 Å². The maximum atomic E-state index is 12.9. The van der Waals surface area contributed by atoms with E-state index in [9.17, 15) is 14.0 Å². The fourth-order valence-electron chi connectivity index (χ4n) is 3.56. The van der Waals surface area contributed by atoms with E-state index in [0.29, 0.717) is 18.5 Å². The summed E-state index contributed by atoms with van der Waals surface area (Å²) in [7, 11) is 0. The molecular weight excluding hydrogens is 343 g/mol. The number of nitrogens with one attached hydrogen (secondary N) is 1. The minimum absolute atomic E-state index is 0.0878. The van der Waals surface area contributed by atoms with Crippen molar-refractivity contribution in [2.24, 2.45) is 5.92 Å². The van der Waals surface area contributed by atoms with Crippen LogP contribution >= 0.6 is 0 Å². The third-order valence-electron chi connectivity index (χ3n) is 5.23. The van der Waals surface area contributed by atoms with Crippen LogP contribution in [0.25, 0.3) is 0 Å². The van der Waals surface area contributed by atoms with Crippen LogP contribution in [0.15, 0.2) is 42.5 Å². The molecule has 140 valence electrons. The third-order valence-corrected chi connectivity index (χ3v) is 5.23. The number of carbonyl (C=O) groups excluding carboxylic acids is 2. The summed E-state index contributed by atoms with van der Waals surface area (Å²) in [6.07, 6.45) is 4.81. The summed E-state index contributed by atoms with van der Waals surface area (Å²) in [5.41, 5.74) is 3.75. The van der Waals surface area contributed by atoms with E-state index in [1.54, 1.807) is 12.1 Å². The van der Waals surface area contributed by atoms with E-state index in [1.807, 2.05) is 23.1 Å². The Bertz CT molecular complexity index is 859. The van der Waals surface area contributed by atoms with Crippen molar-refractivity contribution in [3.63, 3.8) is 0 Å². The van der Waals surface area contributed by atoms with E-state index in [-0.39, 0.29) is 23.5 Å². The fraction of sp³-hybridized carbons (Fsp3) is 0.364. The highest BCUT2D eigenvalue weighted by atomic mass is 19.1. The number of hydrogen-bond donors (Lipinski definition) is 1. The van der Waals surface area contributed by atoms with Gasteiger partial charge in [0.1, 0.15) is 5.82 Å². The minimum Gasteiger partial charge on any atom is -0.326 e. The number of nitrogens with zero attached hydrogens (tertiary/aromatic N) is 1. The van der Waals surface area contributed by atoms with Gasteiger partial charge in [-0.3, -0.25) is 9.59 Å². The second-order valence-corrected chi connectivity index (χ2v) is 7.39. The van der Waals surface area contributed by atoms with Crippen LogP contribution in [0.4, 0.5) is 15.8 Å². The zero-order valence-electron chi connectivity index (χ0n) is 15.2. The van der Waals surface area contributed by atoms with E-state index < -0.39 is 0 Å². The van der Waals surface area contributed by atoms with Gasteiger partial charge < -0.3 is 10.2 Å². The predicted molar refractivity (Wildman–Crippen MR) is 103 cm³/mol. The van der Waals surface area contributed by atoms with E-state index >= 15 is 0 Å². The molecule has 4 nitrogen and oxygen atoms in total. The van der Waals surface area contributed by atoms with Crippen LogP contribution in [0.3, 0.4) is 0 Å². The van der Waals surface area contributed by atoms with Crippen molar-refractivity contribution in [3.05, 3.63) is 59.4 Å². The lowest BCUT2D eigenvalue weighted by molar-refractivity contribution is -0.120. The Morgan fingerprint density at radius 1 is 1.11 bits per heavy atom. The Morgan fingerprint density at radius 3 is 2.63 bits per heavy atom. The summed E-state index contributed by atoms with van der Waals surface area (Å²) in [6.45, 7) is 0.754. The SMILES string of the molecule is O=C(CCc1ccc(F)cc1)Nc1ccc2c(c1)N(C(=O)C1CC1)CCC2. The van der Waals surface area contributed by atoms with Crippen LogP contribution in [0.2, 0.25) is 0 Å². The number of halogens is 1. The molecule has 0 spiro atoms. The van der Waals surface area contributed by atoms with Gasteiger partial charge in [0.2, 0.25) is 11.8 Å². The average Bonchev–Trinajstić information content (AvgIpc) is 3.52. The highest BCUT2D eigenvalue weighted by Crippen LogP contribution is 2.36. The summed E-state index contributed by atoms with van der Waals surface area (Å²) < 4.78 is 12.9. The molecule has 0 saturated heterocycles. The lowest BCUT2D eigenvalue weighted by atomic mass is 10.0. The van der Waals surface area contributed by atoms with Crippen LogP contribution in [0.5, 0.6) is 0 Å². The molecule has 1 N–H and O–H groups in total. The molecule has 1 saturated carbocycles. The number of rotatable bonds is 5. The number of anilines is 2. The van der Waals surface area contributed by atoms with Crippen molar-refractivity contribution in [2.45, 2.75) is 38.5 Å². The first-order chi connectivity index (χ1) is 13.1. The Balaban J connectivity index is 1.41. The molecule has 2 aromatic carbocycles. The van der Waals surface area contributed by atoms with Gasteiger partial charge in [0.25, 0.3) is 0 Å². The van der Waals surface area contributed by atoms with Crippen molar-refractivity contribution in [1.29, 1.82) is 0 Å². The van der Waals surface area contributed by atoms with Gasteiger partial charge in [-0.15, -0.1) is 0 Å². The molecule has 2 aromatic rings. The van der Waals surface area contributed by atoms with Crippen LogP contribution in [-0.2, 0) is 22.4 Å². The number of amides is 2. The van der Waals surface area contributed by atoms with Gasteiger partial charge in [-0.05, 0) is 67.5 Å². The Labute approximate surface area is 158 Å². The molecule has 1 fully saturated rings. The van der Waals surface area contributed by atoms with Crippen LogP contribution in [-0.4, -0.2) is 18.4 Å². The normalized spacial score (nSPS) is 16.0. The van der Waals surface area contributed by atoms with Crippen LogP contribution < -0.4 is 10.2 Å². The molecule has 0 radical (unpaired) electrons. The number of aryl methyl sites for hydroxylation is 2. The largest absolute Gasteiger partial charge is 0.326 e. The standard InChI is InChI=1S/C22H23FN2O2/c23-18-9-3-15(4-10-18)5-12-21(26)24-19-11-8-16-2-1-13-25(20(16)14-19)22(27)17-6-7-17/h3-4,8-11,14,17H,1-2,5-7,12-13H2,(H,24,26). The van der Waals surface area contributed by atoms with Crippen molar-refractivity contribution < 1.29 is 14.0 Å². The minimum atomic E-state index is -0.275. The molecule has 2 amide bonds. The average molecular weight is 366 g/mol. The van der Waals surface area contributed by atoms with E-state index in [1.165, 1.54) is 17.7 Å². The second kappa shape index (κ2) is 7.51. The van der Waals surface area contributed by atoms with E-state index in [4.69, 9.17) is 0 Å². The Kier molecular flexibility index (Phi) is 4.92. The van der Waals surface area contributed by atoms with Crippen LogP contribution in [0.1, 0.15) is 36.8 Å².